The summed E-state index contributed by atoms with van der Waals surface area (Å²) in [7, 11) is 0. The number of hydrogen-bond acceptors (Lipinski definition) is 2. The van der Waals surface area contributed by atoms with Crippen LogP contribution in [0.3, 0.4) is 0 Å². The first-order chi connectivity index (χ1) is 7.45. The van der Waals surface area contributed by atoms with E-state index in [9.17, 15) is 0 Å². The molecule has 3 aromatic heterocycles. The van der Waals surface area contributed by atoms with Crippen molar-refractivity contribution < 1.29 is 3.40 Å². The molecule has 0 bridgehead atoms. The van der Waals surface area contributed by atoms with Crippen molar-refractivity contribution in [3.05, 3.63) is 48.8 Å². The van der Waals surface area contributed by atoms with E-state index in [1.54, 1.807) is 6.20 Å². The van der Waals surface area contributed by atoms with Gasteiger partial charge < -0.3 is 0 Å². The van der Waals surface area contributed by atoms with Gasteiger partial charge in [-0.15, -0.1) is 0 Å². The summed E-state index contributed by atoms with van der Waals surface area (Å²) in [6, 6.07) is 12.1. The van der Waals surface area contributed by atoms with Crippen LogP contribution in [0.2, 0.25) is 0 Å². The van der Waals surface area contributed by atoms with Crippen molar-refractivity contribution in [1.29, 1.82) is 0 Å². The Morgan fingerprint density at radius 3 is 2.87 bits per heavy atom. The topological polar surface area (TPSA) is 29.9 Å². The summed E-state index contributed by atoms with van der Waals surface area (Å²) >= 11 is 0.142. The molecule has 0 saturated heterocycles. The van der Waals surface area contributed by atoms with Crippen molar-refractivity contribution in [2.75, 3.05) is 0 Å². The SMILES string of the molecule is c1ccc(-c2n[se][n+]3ccccc23)nc1. The van der Waals surface area contributed by atoms with Crippen LogP contribution in [0.25, 0.3) is 16.9 Å². The van der Waals surface area contributed by atoms with Gasteiger partial charge in [0.05, 0.1) is 0 Å². The average molecular weight is 261 g/mol. The van der Waals surface area contributed by atoms with Gasteiger partial charge in [-0.05, 0) is 0 Å². The van der Waals surface area contributed by atoms with Crippen LogP contribution >= 0.6 is 0 Å². The van der Waals surface area contributed by atoms with Gasteiger partial charge in [0, 0.05) is 0 Å². The zero-order chi connectivity index (χ0) is 10.1. The van der Waals surface area contributed by atoms with E-state index in [2.05, 4.69) is 24.6 Å². The van der Waals surface area contributed by atoms with E-state index >= 15 is 0 Å². The number of aromatic nitrogens is 3. The van der Waals surface area contributed by atoms with Crippen LogP contribution in [-0.2, 0) is 0 Å². The molecule has 15 heavy (non-hydrogen) atoms. The first-order valence-corrected chi connectivity index (χ1v) is 6.16. The number of fused-ring (bicyclic) bond motifs is 1. The molecule has 3 aromatic rings. The minimum atomic E-state index is 0.142. The standard InChI is InChI=1S/C11H8N3Se/c1-3-7-12-9(5-1)11-10-6-2-4-8-14(10)15-13-11/h1-8H/q+1. The summed E-state index contributed by atoms with van der Waals surface area (Å²) in [6.07, 6.45) is 3.87. The molecular weight excluding hydrogens is 253 g/mol. The van der Waals surface area contributed by atoms with E-state index in [1.807, 2.05) is 30.3 Å². The molecule has 0 unspecified atom stereocenters. The molecule has 4 heteroatoms. The molecule has 0 N–H and O–H groups in total. The van der Waals surface area contributed by atoms with Crippen molar-refractivity contribution in [2.45, 2.75) is 0 Å². The number of hydrogen-bond donors (Lipinski definition) is 0. The van der Waals surface area contributed by atoms with Crippen molar-refractivity contribution in [2.24, 2.45) is 0 Å². The van der Waals surface area contributed by atoms with E-state index in [4.69, 9.17) is 0 Å². The van der Waals surface area contributed by atoms with Gasteiger partial charge in [-0.3, -0.25) is 0 Å². The molecular formula is C11H8N3Se+. The first kappa shape index (κ1) is 8.77. The van der Waals surface area contributed by atoms with Crippen LogP contribution in [0.5, 0.6) is 0 Å². The summed E-state index contributed by atoms with van der Waals surface area (Å²) in [5, 5.41) is 0. The summed E-state index contributed by atoms with van der Waals surface area (Å²) in [4.78, 5) is 4.33. The Labute approximate surface area is 93.3 Å². The zero-order valence-corrected chi connectivity index (χ0v) is 9.58. The van der Waals surface area contributed by atoms with Gasteiger partial charge >= 0.3 is 93.0 Å². The van der Waals surface area contributed by atoms with Gasteiger partial charge in [0.1, 0.15) is 0 Å². The Bertz CT molecular complexity index is 589. The van der Waals surface area contributed by atoms with E-state index in [0.717, 1.165) is 16.9 Å². The van der Waals surface area contributed by atoms with Crippen molar-refractivity contribution >= 4 is 20.5 Å². The molecule has 0 aromatic carbocycles. The third-order valence-corrected chi connectivity index (χ3v) is 3.79. The molecule has 0 fully saturated rings. The molecule has 0 atom stereocenters. The fourth-order valence-corrected chi connectivity index (χ4v) is 3.00. The van der Waals surface area contributed by atoms with Gasteiger partial charge in [0.15, 0.2) is 0 Å². The second-order valence-corrected chi connectivity index (χ2v) is 4.70. The molecule has 3 heterocycles. The van der Waals surface area contributed by atoms with Crippen LogP contribution in [0, 0.1) is 0 Å². The van der Waals surface area contributed by atoms with Crippen LogP contribution < -0.4 is 3.40 Å². The van der Waals surface area contributed by atoms with Crippen molar-refractivity contribution in [3.63, 3.8) is 0 Å². The molecule has 0 radical (unpaired) electrons. The van der Waals surface area contributed by atoms with Gasteiger partial charge in [0.25, 0.3) is 0 Å². The molecule has 3 nitrogen and oxygen atoms in total. The molecule has 72 valence electrons. The molecule has 0 aliphatic carbocycles. The van der Waals surface area contributed by atoms with Gasteiger partial charge in [-0.1, -0.05) is 0 Å². The van der Waals surface area contributed by atoms with Crippen molar-refractivity contribution in [1.82, 2.24) is 8.96 Å². The Balaban J connectivity index is 2.28. The summed E-state index contributed by atoms with van der Waals surface area (Å²) in [6.45, 7) is 0. The third-order valence-electron chi connectivity index (χ3n) is 2.19. The fraction of sp³-hybridized carbons (Fsp3) is 0. The Hall–Kier alpha value is -1.51. The first-order valence-electron chi connectivity index (χ1n) is 4.63. The van der Waals surface area contributed by atoms with E-state index < -0.39 is 0 Å². The maximum absolute atomic E-state index is 4.55. The molecule has 0 aliphatic rings. The minimum absolute atomic E-state index is 0.142. The normalized spacial score (nSPS) is 10.7. The second-order valence-electron chi connectivity index (χ2n) is 3.15. The quantitative estimate of drug-likeness (QED) is 0.610. The third kappa shape index (κ3) is 1.48. The summed E-state index contributed by atoms with van der Waals surface area (Å²) < 4.78 is 6.73. The van der Waals surface area contributed by atoms with E-state index in [1.165, 1.54) is 0 Å². The average Bonchev–Trinajstić information content (AvgIpc) is 2.74. The summed E-state index contributed by atoms with van der Waals surface area (Å²) in [5.74, 6) is 0. The predicted molar refractivity (Wildman–Crippen MR) is 57.6 cm³/mol. The van der Waals surface area contributed by atoms with E-state index in [-0.39, 0.29) is 15.0 Å². The van der Waals surface area contributed by atoms with Crippen molar-refractivity contribution in [3.8, 4) is 11.4 Å². The van der Waals surface area contributed by atoms with Crippen LogP contribution in [0.1, 0.15) is 0 Å². The Morgan fingerprint density at radius 2 is 2.00 bits per heavy atom. The monoisotopic (exact) mass is 262 g/mol. The zero-order valence-electron chi connectivity index (χ0n) is 7.87. The molecule has 0 saturated carbocycles. The molecule has 0 aliphatic heterocycles. The van der Waals surface area contributed by atoms with Crippen LogP contribution in [0.4, 0.5) is 0 Å². The number of pyridine rings is 2. The van der Waals surface area contributed by atoms with Gasteiger partial charge in [-0.25, -0.2) is 0 Å². The van der Waals surface area contributed by atoms with Gasteiger partial charge in [-0.2, -0.15) is 0 Å². The number of nitrogens with zero attached hydrogens (tertiary/aromatic N) is 3. The Kier molecular flexibility index (Phi) is 2.09. The predicted octanol–water partition coefficient (Wildman–Crippen LogP) is 0.939. The molecule has 3 rings (SSSR count). The fourth-order valence-electron chi connectivity index (χ4n) is 1.50. The van der Waals surface area contributed by atoms with E-state index in [0.29, 0.717) is 0 Å². The van der Waals surface area contributed by atoms with Crippen LogP contribution in [0.15, 0.2) is 48.8 Å². The maximum atomic E-state index is 4.55. The Morgan fingerprint density at radius 1 is 1.07 bits per heavy atom. The molecule has 0 spiro atoms. The summed E-state index contributed by atoms with van der Waals surface area (Å²) in [5.41, 5.74) is 3.13. The molecule has 0 amide bonds. The second kappa shape index (κ2) is 3.57. The van der Waals surface area contributed by atoms with Crippen LogP contribution in [-0.4, -0.2) is 23.9 Å². The number of rotatable bonds is 1. The van der Waals surface area contributed by atoms with Gasteiger partial charge in [0.2, 0.25) is 0 Å².